The number of aromatic nitrogens is 4. The van der Waals surface area contributed by atoms with Gasteiger partial charge in [-0.05, 0) is 43.3 Å². The molecule has 10 heteroatoms. The van der Waals surface area contributed by atoms with Crippen molar-refractivity contribution < 1.29 is 14.4 Å². The molecule has 0 radical (unpaired) electrons. The first-order valence-electron chi connectivity index (χ1n) is 9.22. The minimum absolute atomic E-state index is 0.177. The predicted octanol–water partition coefficient (Wildman–Crippen LogP) is 1.09. The zero-order chi connectivity index (χ0) is 21.5. The van der Waals surface area contributed by atoms with E-state index in [0.717, 1.165) is 5.82 Å². The summed E-state index contributed by atoms with van der Waals surface area (Å²) in [5, 5.41) is 16.0. The zero-order valence-electron chi connectivity index (χ0n) is 16.5. The van der Waals surface area contributed by atoms with Crippen LogP contribution in [0.3, 0.4) is 0 Å². The van der Waals surface area contributed by atoms with Crippen molar-refractivity contribution in [1.82, 2.24) is 30.4 Å². The zero-order valence-corrected chi connectivity index (χ0v) is 16.5. The van der Waals surface area contributed by atoms with Gasteiger partial charge in [-0.25, -0.2) is 4.98 Å². The molecule has 3 N–H and O–H groups in total. The van der Waals surface area contributed by atoms with Gasteiger partial charge in [-0.3, -0.25) is 19.0 Å². The number of aryl methyl sites for hydroxylation is 1. The van der Waals surface area contributed by atoms with Crippen molar-refractivity contribution in [2.45, 2.75) is 13.8 Å². The largest absolute Gasteiger partial charge is 0.350 e. The second kappa shape index (κ2) is 9.41. The van der Waals surface area contributed by atoms with E-state index in [2.05, 4.69) is 31.1 Å². The van der Waals surface area contributed by atoms with Crippen molar-refractivity contribution in [3.8, 4) is 5.82 Å². The number of anilines is 1. The number of hydrogen-bond acceptors (Lipinski definition) is 6. The first-order chi connectivity index (χ1) is 14.4. The molecule has 2 heterocycles. The molecule has 3 amide bonds. The van der Waals surface area contributed by atoms with Crippen LogP contribution in [0.15, 0.2) is 48.8 Å². The predicted molar refractivity (Wildman–Crippen MR) is 109 cm³/mol. The van der Waals surface area contributed by atoms with E-state index in [4.69, 9.17) is 0 Å². The van der Waals surface area contributed by atoms with E-state index in [9.17, 15) is 14.4 Å². The number of benzene rings is 1. The minimum Gasteiger partial charge on any atom is -0.350 e. The first-order valence-corrected chi connectivity index (χ1v) is 9.22. The van der Waals surface area contributed by atoms with Crippen molar-refractivity contribution in [2.24, 2.45) is 0 Å². The van der Waals surface area contributed by atoms with E-state index in [1.165, 1.54) is 6.92 Å². The second-order valence-electron chi connectivity index (χ2n) is 6.39. The van der Waals surface area contributed by atoms with Gasteiger partial charge in [0.2, 0.25) is 5.91 Å². The summed E-state index contributed by atoms with van der Waals surface area (Å²) >= 11 is 0. The molecule has 2 aromatic heterocycles. The highest BCUT2D eigenvalue weighted by Crippen LogP contribution is 2.09. The summed E-state index contributed by atoms with van der Waals surface area (Å²) in [5.41, 5.74) is 1.24. The molecule has 0 atom stereocenters. The van der Waals surface area contributed by atoms with Gasteiger partial charge in [-0.15, -0.1) is 10.2 Å². The van der Waals surface area contributed by atoms with Crippen molar-refractivity contribution in [2.75, 3.05) is 18.4 Å². The molecule has 0 unspecified atom stereocenters. The van der Waals surface area contributed by atoms with Gasteiger partial charge in [0.25, 0.3) is 11.8 Å². The fourth-order valence-corrected chi connectivity index (χ4v) is 2.65. The minimum atomic E-state index is -0.384. The smallest absolute Gasteiger partial charge is 0.271 e. The number of carbonyl (C=O) groups is 3. The number of nitrogens with zero attached hydrogens (tertiary/aromatic N) is 4. The molecular formula is C20H21N7O3. The average molecular weight is 407 g/mol. The molecule has 3 rings (SSSR count). The van der Waals surface area contributed by atoms with E-state index in [0.29, 0.717) is 17.1 Å². The molecule has 0 aliphatic rings. The highest BCUT2D eigenvalue weighted by Gasteiger charge is 2.10. The van der Waals surface area contributed by atoms with E-state index >= 15 is 0 Å². The van der Waals surface area contributed by atoms with Crippen molar-refractivity contribution in [1.29, 1.82) is 0 Å². The van der Waals surface area contributed by atoms with Crippen LogP contribution in [0.4, 0.5) is 5.69 Å². The summed E-state index contributed by atoms with van der Waals surface area (Å²) in [6.07, 6.45) is 3.42. The molecule has 0 bridgehead atoms. The quantitative estimate of drug-likeness (QED) is 0.503. The summed E-state index contributed by atoms with van der Waals surface area (Å²) in [6.45, 7) is 3.74. The van der Waals surface area contributed by atoms with Gasteiger partial charge < -0.3 is 16.0 Å². The number of imidazole rings is 1. The molecule has 10 nitrogen and oxygen atoms in total. The topological polar surface area (TPSA) is 131 Å². The Kier molecular flexibility index (Phi) is 6.48. The molecule has 0 saturated heterocycles. The summed E-state index contributed by atoms with van der Waals surface area (Å²) < 4.78 is 1.76. The third kappa shape index (κ3) is 5.25. The van der Waals surface area contributed by atoms with E-state index < -0.39 is 0 Å². The Bertz CT molecular complexity index is 1040. The molecule has 154 valence electrons. The van der Waals surface area contributed by atoms with Gasteiger partial charge in [0.15, 0.2) is 11.5 Å². The molecule has 1 aromatic carbocycles. The number of carbonyl (C=O) groups excluding carboxylic acids is 3. The van der Waals surface area contributed by atoms with Gasteiger partial charge in [0, 0.05) is 43.7 Å². The lowest BCUT2D eigenvalue weighted by Gasteiger charge is -2.08. The lowest BCUT2D eigenvalue weighted by Crippen LogP contribution is -2.35. The third-order valence-corrected chi connectivity index (χ3v) is 4.12. The third-order valence-electron chi connectivity index (χ3n) is 4.12. The number of hydrogen-bond donors (Lipinski definition) is 3. The van der Waals surface area contributed by atoms with Crippen molar-refractivity contribution >= 4 is 23.4 Å². The molecule has 0 aliphatic heterocycles. The van der Waals surface area contributed by atoms with Gasteiger partial charge in [0.1, 0.15) is 5.82 Å². The molecule has 30 heavy (non-hydrogen) atoms. The lowest BCUT2D eigenvalue weighted by molar-refractivity contribution is -0.114. The van der Waals surface area contributed by atoms with Crippen LogP contribution in [0.5, 0.6) is 0 Å². The Hall–Kier alpha value is -4.08. The standard InChI is InChI=1S/C20H21N7O3/c1-13-21-11-12-27(13)18-8-7-17(25-26-18)20(30)23-10-9-22-19(29)15-3-5-16(6-4-15)24-14(2)28/h3-8,11-12H,9-10H2,1-2H3,(H,22,29)(H,23,30)(H,24,28). The maximum Gasteiger partial charge on any atom is 0.271 e. The first kappa shape index (κ1) is 20.6. The van der Waals surface area contributed by atoms with Gasteiger partial charge >= 0.3 is 0 Å². The van der Waals surface area contributed by atoms with E-state index in [-0.39, 0.29) is 36.5 Å². The second-order valence-corrected chi connectivity index (χ2v) is 6.39. The monoisotopic (exact) mass is 407 g/mol. The van der Waals surface area contributed by atoms with Gasteiger partial charge in [0.05, 0.1) is 0 Å². The Morgan fingerprint density at radius 1 is 0.933 bits per heavy atom. The van der Waals surface area contributed by atoms with Crippen LogP contribution in [0.25, 0.3) is 5.82 Å². The van der Waals surface area contributed by atoms with Crippen LogP contribution in [0, 0.1) is 6.92 Å². The van der Waals surface area contributed by atoms with Crippen LogP contribution in [0.1, 0.15) is 33.6 Å². The summed E-state index contributed by atoms with van der Waals surface area (Å²) in [5.74, 6) is 0.489. The number of amides is 3. The van der Waals surface area contributed by atoms with Crippen molar-refractivity contribution in [3.05, 3.63) is 65.9 Å². The summed E-state index contributed by atoms with van der Waals surface area (Å²) in [6, 6.07) is 9.77. The van der Waals surface area contributed by atoms with Gasteiger partial charge in [-0.2, -0.15) is 0 Å². The van der Waals surface area contributed by atoms with Crippen molar-refractivity contribution in [3.63, 3.8) is 0 Å². The normalized spacial score (nSPS) is 10.3. The van der Waals surface area contributed by atoms with Crippen LogP contribution >= 0.6 is 0 Å². The lowest BCUT2D eigenvalue weighted by atomic mass is 10.2. The Morgan fingerprint density at radius 3 is 2.20 bits per heavy atom. The maximum absolute atomic E-state index is 12.2. The SMILES string of the molecule is CC(=O)Nc1ccc(C(=O)NCCNC(=O)c2ccc(-n3ccnc3C)nn2)cc1. The van der Waals surface area contributed by atoms with E-state index in [1.54, 1.807) is 53.4 Å². The molecule has 3 aromatic rings. The molecule has 0 fully saturated rings. The Morgan fingerprint density at radius 2 is 1.63 bits per heavy atom. The number of rotatable bonds is 7. The summed E-state index contributed by atoms with van der Waals surface area (Å²) in [7, 11) is 0. The van der Waals surface area contributed by atoms with Gasteiger partial charge in [-0.1, -0.05) is 0 Å². The molecule has 0 saturated carbocycles. The molecule has 0 aliphatic carbocycles. The van der Waals surface area contributed by atoms with E-state index in [1.807, 2.05) is 6.92 Å². The highest BCUT2D eigenvalue weighted by molar-refractivity contribution is 5.95. The Balaban J connectivity index is 1.44. The fourth-order valence-electron chi connectivity index (χ4n) is 2.65. The average Bonchev–Trinajstić information content (AvgIpc) is 3.17. The number of nitrogens with one attached hydrogen (secondary N) is 3. The van der Waals surface area contributed by atoms with Crippen LogP contribution < -0.4 is 16.0 Å². The summed E-state index contributed by atoms with van der Waals surface area (Å²) in [4.78, 5) is 39.4. The van der Waals surface area contributed by atoms with Crippen LogP contribution in [-0.4, -0.2) is 50.6 Å². The molecular weight excluding hydrogens is 386 g/mol. The fraction of sp³-hybridized carbons (Fsp3) is 0.200. The molecule has 0 spiro atoms. The van der Waals surface area contributed by atoms with Crippen LogP contribution in [0.2, 0.25) is 0 Å². The maximum atomic E-state index is 12.2. The Labute approximate surface area is 172 Å². The van der Waals surface area contributed by atoms with Crippen LogP contribution in [-0.2, 0) is 4.79 Å². The highest BCUT2D eigenvalue weighted by atomic mass is 16.2.